The van der Waals surface area contributed by atoms with Crippen LogP contribution in [-0.4, -0.2) is 33.8 Å². The van der Waals surface area contributed by atoms with Crippen molar-refractivity contribution in [2.75, 3.05) is 14.2 Å². The molecule has 2 heterocycles. The highest BCUT2D eigenvalue weighted by Crippen LogP contribution is 2.37. The van der Waals surface area contributed by atoms with E-state index in [0.29, 0.717) is 71.0 Å². The summed E-state index contributed by atoms with van der Waals surface area (Å²) in [7, 11) is 3.06. The first-order valence-electron chi connectivity index (χ1n) is 12.3. The zero-order chi connectivity index (χ0) is 29.6. The maximum absolute atomic E-state index is 14.1. The fourth-order valence-electron chi connectivity index (χ4n) is 4.92. The van der Waals surface area contributed by atoms with E-state index in [1.54, 1.807) is 68.4 Å². The number of benzene rings is 3. The molecule has 0 aliphatic carbocycles. The Balaban J connectivity index is 1.78. The normalized spacial score (nSPS) is 11.3. The maximum Gasteiger partial charge on any atom is 0.275 e. The topological polar surface area (TPSA) is 94.0 Å². The molecule has 0 spiro atoms. The predicted molar refractivity (Wildman–Crippen MR) is 163 cm³/mol. The molecule has 12 heteroatoms. The molecule has 0 atom stereocenters. The number of hydrogen-bond acceptors (Lipinski definition) is 4. The molecule has 5 rings (SSSR count). The van der Waals surface area contributed by atoms with Gasteiger partial charge in [0.25, 0.3) is 11.1 Å². The Hall–Kier alpha value is -3.56. The number of ether oxygens (including phenoxy) is 2. The molecule has 5 aromatic rings. The van der Waals surface area contributed by atoms with E-state index >= 15 is 0 Å². The lowest BCUT2D eigenvalue weighted by molar-refractivity contribution is 0.354. The van der Waals surface area contributed by atoms with Gasteiger partial charge in [-0.15, -0.1) is 0 Å². The van der Waals surface area contributed by atoms with Gasteiger partial charge in [0, 0.05) is 17.3 Å². The monoisotopic (exact) mass is 632 g/mol. The Morgan fingerprint density at radius 1 is 0.634 bits per heavy atom. The van der Waals surface area contributed by atoms with Crippen LogP contribution in [0.15, 0.2) is 64.2 Å². The number of nitrogens with one attached hydrogen (secondary N) is 2. The molecule has 0 radical (unpaired) electrons. The molecule has 212 valence electrons. The third kappa shape index (κ3) is 5.17. The smallest absolute Gasteiger partial charge is 0.275 e. The van der Waals surface area contributed by atoms with Crippen LogP contribution in [0.3, 0.4) is 0 Å². The molecule has 3 aromatic carbocycles. The molecule has 2 N–H and O–H groups in total. The molecular weight excluding hydrogens is 610 g/mol. The second kappa shape index (κ2) is 11.4. The van der Waals surface area contributed by atoms with E-state index in [9.17, 15) is 9.59 Å². The first-order valence-corrected chi connectivity index (χ1v) is 13.8. The van der Waals surface area contributed by atoms with E-state index in [4.69, 9.17) is 55.9 Å². The minimum absolute atomic E-state index is 0.298. The quantitative estimate of drug-likeness (QED) is 0.200. The Bertz CT molecular complexity index is 1790. The number of H-pyrrole nitrogens is 2. The van der Waals surface area contributed by atoms with Gasteiger partial charge in [-0.3, -0.25) is 19.8 Å². The van der Waals surface area contributed by atoms with E-state index in [0.717, 1.165) is 0 Å². The van der Waals surface area contributed by atoms with Crippen LogP contribution < -0.4 is 20.6 Å². The summed E-state index contributed by atoms with van der Waals surface area (Å²) < 4.78 is 13.7. The minimum Gasteiger partial charge on any atom is -0.493 e. The van der Waals surface area contributed by atoms with Crippen LogP contribution in [0.25, 0.3) is 11.4 Å². The Kier molecular flexibility index (Phi) is 8.03. The van der Waals surface area contributed by atoms with Crippen molar-refractivity contribution >= 4 is 46.4 Å². The number of hydrogen-bond donors (Lipinski definition) is 2. The van der Waals surface area contributed by atoms with Crippen molar-refractivity contribution in [3.8, 4) is 22.9 Å². The third-order valence-electron chi connectivity index (χ3n) is 6.88. The molecule has 2 aromatic heterocycles. The summed E-state index contributed by atoms with van der Waals surface area (Å²) in [5, 5.41) is 7.59. The largest absolute Gasteiger partial charge is 0.493 e. The Morgan fingerprint density at radius 2 is 1.10 bits per heavy atom. The van der Waals surface area contributed by atoms with Gasteiger partial charge in [0.2, 0.25) is 0 Å². The number of nitrogens with zero attached hydrogens (tertiary/aromatic N) is 2. The molecular formula is C29H24Cl4N4O4. The number of rotatable bonds is 7. The van der Waals surface area contributed by atoms with Crippen molar-refractivity contribution in [3.63, 3.8) is 0 Å². The zero-order valence-electron chi connectivity index (χ0n) is 22.3. The number of halogens is 4. The van der Waals surface area contributed by atoms with E-state index in [1.807, 2.05) is 0 Å². The van der Waals surface area contributed by atoms with Crippen LogP contribution in [0.5, 0.6) is 11.5 Å². The number of methoxy groups -OCH3 is 2. The highest BCUT2D eigenvalue weighted by Gasteiger charge is 2.31. The summed E-state index contributed by atoms with van der Waals surface area (Å²) in [6, 6.07) is 15.1. The van der Waals surface area contributed by atoms with Gasteiger partial charge >= 0.3 is 0 Å². The van der Waals surface area contributed by atoms with Crippen LogP contribution in [0, 0.1) is 13.8 Å². The van der Waals surface area contributed by atoms with Crippen molar-refractivity contribution in [3.05, 3.63) is 123 Å². The number of aryl methyl sites for hydroxylation is 2. The van der Waals surface area contributed by atoms with Crippen LogP contribution in [-0.2, 0) is 0 Å². The van der Waals surface area contributed by atoms with E-state index in [-0.39, 0.29) is 11.1 Å². The van der Waals surface area contributed by atoms with Crippen molar-refractivity contribution < 1.29 is 9.47 Å². The highest BCUT2D eigenvalue weighted by molar-refractivity contribution is 6.42. The lowest BCUT2D eigenvalue weighted by Crippen LogP contribution is -2.25. The molecule has 0 aliphatic heterocycles. The SMILES string of the molecule is COc1ccc(C(c2c(C)[nH]n(-c3ccc(Cl)c(Cl)c3)c2=O)c2c(C)[nH]n(-c3ccc(Cl)c(Cl)c3)c2=O)cc1OC. The third-order valence-corrected chi connectivity index (χ3v) is 8.35. The fourth-order valence-corrected chi connectivity index (χ4v) is 5.51. The summed E-state index contributed by atoms with van der Waals surface area (Å²) >= 11 is 24.7. The molecule has 0 unspecified atom stereocenters. The van der Waals surface area contributed by atoms with Gasteiger partial charge in [-0.2, -0.15) is 0 Å². The van der Waals surface area contributed by atoms with Gasteiger partial charge in [0.15, 0.2) is 11.5 Å². The average molecular weight is 634 g/mol. The summed E-state index contributed by atoms with van der Waals surface area (Å²) in [6.45, 7) is 3.55. The lowest BCUT2D eigenvalue weighted by Gasteiger charge is -2.18. The van der Waals surface area contributed by atoms with Gasteiger partial charge < -0.3 is 9.47 Å². The molecule has 41 heavy (non-hydrogen) atoms. The molecule has 0 bridgehead atoms. The van der Waals surface area contributed by atoms with E-state index < -0.39 is 5.92 Å². The summed E-state index contributed by atoms with van der Waals surface area (Å²) in [5.41, 5.74) is 2.75. The van der Waals surface area contributed by atoms with E-state index in [2.05, 4.69) is 10.2 Å². The Morgan fingerprint density at radius 3 is 1.51 bits per heavy atom. The van der Waals surface area contributed by atoms with Gasteiger partial charge in [-0.25, -0.2) is 9.36 Å². The van der Waals surface area contributed by atoms with Gasteiger partial charge in [-0.05, 0) is 67.9 Å². The maximum atomic E-state index is 14.1. The number of aromatic amines is 2. The second-order valence-corrected chi connectivity index (χ2v) is 11.0. The average Bonchev–Trinajstić information content (AvgIpc) is 3.41. The van der Waals surface area contributed by atoms with Crippen LogP contribution in [0.1, 0.15) is 34.0 Å². The predicted octanol–water partition coefficient (Wildman–Crippen LogP) is 7.07. The fraction of sp³-hybridized carbons (Fsp3) is 0.172. The van der Waals surface area contributed by atoms with Gasteiger partial charge in [-0.1, -0.05) is 52.5 Å². The molecule has 0 saturated carbocycles. The molecule has 0 saturated heterocycles. The van der Waals surface area contributed by atoms with E-state index in [1.165, 1.54) is 23.6 Å². The number of aromatic nitrogens is 4. The molecule has 0 amide bonds. The van der Waals surface area contributed by atoms with Crippen molar-refractivity contribution in [2.24, 2.45) is 0 Å². The Labute approximate surface area is 254 Å². The molecule has 0 aliphatic rings. The minimum atomic E-state index is -0.796. The van der Waals surface area contributed by atoms with Crippen molar-refractivity contribution in [1.29, 1.82) is 0 Å². The van der Waals surface area contributed by atoms with Crippen LogP contribution >= 0.6 is 46.4 Å². The van der Waals surface area contributed by atoms with Crippen LogP contribution in [0.2, 0.25) is 20.1 Å². The highest BCUT2D eigenvalue weighted by atomic mass is 35.5. The lowest BCUT2D eigenvalue weighted by atomic mass is 9.85. The summed E-state index contributed by atoms with van der Waals surface area (Å²) in [4.78, 5) is 28.2. The first kappa shape index (κ1) is 29.0. The second-order valence-electron chi connectivity index (χ2n) is 9.33. The molecule has 0 fully saturated rings. The zero-order valence-corrected chi connectivity index (χ0v) is 25.3. The van der Waals surface area contributed by atoms with Crippen LogP contribution in [0.4, 0.5) is 0 Å². The van der Waals surface area contributed by atoms with Crippen molar-refractivity contribution in [1.82, 2.24) is 19.6 Å². The van der Waals surface area contributed by atoms with Gasteiger partial charge in [0.1, 0.15) is 0 Å². The summed E-state index contributed by atoms with van der Waals surface area (Å²) in [6.07, 6.45) is 0. The molecule has 8 nitrogen and oxygen atoms in total. The van der Waals surface area contributed by atoms with Gasteiger partial charge in [0.05, 0.1) is 56.8 Å². The van der Waals surface area contributed by atoms with Crippen molar-refractivity contribution in [2.45, 2.75) is 19.8 Å². The first-order chi connectivity index (χ1) is 19.5. The summed E-state index contributed by atoms with van der Waals surface area (Å²) in [5.74, 6) is 0.161. The standard InChI is InChI=1S/C29H24Cl4N4O4/c1-14-25(28(38)36(34-14)17-6-8-19(30)21(32)12-17)27(16-5-10-23(40-3)24(11-16)41-4)26-15(2)35-37(29(26)39)18-7-9-20(31)22(33)13-18/h5-13,27,34-35H,1-4H3.